The first-order valence-electron chi connectivity index (χ1n) is 8.57. The average molecular weight is 321 g/mol. The summed E-state index contributed by atoms with van der Waals surface area (Å²) in [5, 5.41) is 3.32. The van der Waals surface area contributed by atoms with Crippen molar-refractivity contribution in [2.45, 2.75) is 58.9 Å². The van der Waals surface area contributed by atoms with Crippen LogP contribution in [-0.4, -0.2) is 48.3 Å². The molecule has 6 heteroatoms. The second-order valence-electron chi connectivity index (χ2n) is 5.22. The van der Waals surface area contributed by atoms with Crippen molar-refractivity contribution in [2.24, 2.45) is 5.73 Å². The van der Waals surface area contributed by atoms with Crippen LogP contribution in [0.1, 0.15) is 52.9 Å². The molecule has 0 unspecified atom stereocenters. The number of rotatable bonds is 16. The van der Waals surface area contributed by atoms with Crippen molar-refractivity contribution >= 4 is 8.80 Å². The molecule has 0 rings (SSSR count). The first kappa shape index (κ1) is 21.0. The van der Waals surface area contributed by atoms with E-state index in [0.717, 1.165) is 71.1 Å². The van der Waals surface area contributed by atoms with E-state index in [-0.39, 0.29) is 0 Å². The van der Waals surface area contributed by atoms with Crippen LogP contribution >= 0.6 is 0 Å². The van der Waals surface area contributed by atoms with Crippen molar-refractivity contribution in [1.29, 1.82) is 0 Å². The highest BCUT2D eigenvalue weighted by molar-refractivity contribution is 6.60. The van der Waals surface area contributed by atoms with Gasteiger partial charge in [0.15, 0.2) is 0 Å². The molecule has 0 saturated carbocycles. The summed E-state index contributed by atoms with van der Waals surface area (Å²) in [6.07, 6.45) is 5.17. The van der Waals surface area contributed by atoms with E-state index in [1.807, 2.05) is 0 Å². The molecule has 0 radical (unpaired) electrons. The van der Waals surface area contributed by atoms with Crippen LogP contribution in [0.3, 0.4) is 0 Å². The summed E-state index contributed by atoms with van der Waals surface area (Å²) in [6.45, 7) is 11.1. The second kappa shape index (κ2) is 14.9. The van der Waals surface area contributed by atoms with Crippen LogP contribution in [0.4, 0.5) is 0 Å². The molecule has 0 spiro atoms. The lowest BCUT2D eigenvalue weighted by atomic mass is 10.3. The van der Waals surface area contributed by atoms with Gasteiger partial charge in [-0.3, -0.25) is 0 Å². The Bertz CT molecular complexity index is 199. The van der Waals surface area contributed by atoms with E-state index in [9.17, 15) is 0 Å². The fourth-order valence-corrected chi connectivity index (χ4v) is 4.84. The Balaban J connectivity index is 4.28. The lowest BCUT2D eigenvalue weighted by Gasteiger charge is -2.29. The van der Waals surface area contributed by atoms with Crippen molar-refractivity contribution in [1.82, 2.24) is 5.32 Å². The van der Waals surface area contributed by atoms with Gasteiger partial charge in [0.05, 0.1) is 0 Å². The standard InChI is InChI=1S/C15H36N2O3Si/c1-4-12-18-21(19-13-5-2,20-14-6-3)15-8-7-10-17-11-9-16/h17H,4-16H2,1-3H3. The normalized spacial score (nSPS) is 12.0. The Morgan fingerprint density at radius 2 is 1.33 bits per heavy atom. The van der Waals surface area contributed by atoms with Gasteiger partial charge in [-0.2, -0.15) is 0 Å². The molecule has 0 aliphatic carbocycles. The van der Waals surface area contributed by atoms with Gasteiger partial charge < -0.3 is 24.3 Å². The van der Waals surface area contributed by atoms with E-state index in [1.165, 1.54) is 0 Å². The van der Waals surface area contributed by atoms with Crippen molar-refractivity contribution < 1.29 is 13.3 Å². The highest BCUT2D eigenvalue weighted by atomic mass is 28.4. The van der Waals surface area contributed by atoms with Gasteiger partial charge >= 0.3 is 8.80 Å². The van der Waals surface area contributed by atoms with Gasteiger partial charge in [0, 0.05) is 39.0 Å². The topological polar surface area (TPSA) is 65.7 Å². The Morgan fingerprint density at radius 1 is 0.810 bits per heavy atom. The van der Waals surface area contributed by atoms with E-state index in [0.29, 0.717) is 6.54 Å². The predicted molar refractivity (Wildman–Crippen MR) is 90.4 cm³/mol. The molecule has 0 aromatic carbocycles. The Morgan fingerprint density at radius 3 is 1.76 bits per heavy atom. The maximum Gasteiger partial charge on any atom is 0.500 e. The quantitative estimate of drug-likeness (QED) is 0.338. The zero-order valence-corrected chi connectivity index (χ0v) is 15.3. The van der Waals surface area contributed by atoms with Crippen LogP contribution in [0.25, 0.3) is 0 Å². The molecule has 0 saturated heterocycles. The summed E-state index contributed by atoms with van der Waals surface area (Å²) >= 11 is 0. The number of unbranched alkanes of at least 4 members (excludes halogenated alkanes) is 1. The molecular weight excluding hydrogens is 284 g/mol. The molecule has 3 N–H and O–H groups in total. The fourth-order valence-electron chi connectivity index (χ4n) is 1.93. The molecule has 0 atom stereocenters. The zero-order chi connectivity index (χ0) is 15.8. The van der Waals surface area contributed by atoms with Crippen LogP contribution < -0.4 is 11.1 Å². The number of nitrogens with one attached hydrogen (secondary N) is 1. The van der Waals surface area contributed by atoms with E-state index in [2.05, 4.69) is 26.1 Å². The summed E-state index contributed by atoms with van der Waals surface area (Å²) in [6, 6.07) is 0.914. The molecule has 0 fully saturated rings. The van der Waals surface area contributed by atoms with Gasteiger partial charge in [0.2, 0.25) is 0 Å². The minimum atomic E-state index is -2.48. The van der Waals surface area contributed by atoms with Crippen molar-refractivity contribution in [3.8, 4) is 0 Å². The Labute approximate surface area is 132 Å². The second-order valence-corrected chi connectivity index (χ2v) is 7.96. The molecular formula is C15H36N2O3Si. The maximum atomic E-state index is 6.06. The summed E-state index contributed by atoms with van der Waals surface area (Å²) < 4.78 is 18.2. The van der Waals surface area contributed by atoms with E-state index in [4.69, 9.17) is 19.0 Å². The molecule has 0 amide bonds. The van der Waals surface area contributed by atoms with Gasteiger partial charge in [-0.25, -0.2) is 0 Å². The van der Waals surface area contributed by atoms with Crippen LogP contribution in [0.5, 0.6) is 0 Å². The number of hydrogen-bond donors (Lipinski definition) is 2. The van der Waals surface area contributed by atoms with E-state index in [1.54, 1.807) is 0 Å². The summed E-state index contributed by atoms with van der Waals surface area (Å²) in [5.74, 6) is 0. The smallest absolute Gasteiger partial charge is 0.373 e. The molecule has 0 aromatic rings. The Hall–Kier alpha value is 0.0169. The third-order valence-corrected chi connectivity index (χ3v) is 5.88. The third-order valence-electron chi connectivity index (χ3n) is 2.99. The third kappa shape index (κ3) is 11.3. The van der Waals surface area contributed by atoms with Gasteiger partial charge in [0.1, 0.15) is 0 Å². The summed E-state index contributed by atoms with van der Waals surface area (Å²) in [4.78, 5) is 0. The van der Waals surface area contributed by atoms with Crippen LogP contribution in [0.2, 0.25) is 6.04 Å². The van der Waals surface area contributed by atoms with Gasteiger partial charge in [-0.05, 0) is 38.6 Å². The lowest BCUT2D eigenvalue weighted by molar-refractivity contribution is 0.0586. The molecule has 21 heavy (non-hydrogen) atoms. The van der Waals surface area contributed by atoms with Gasteiger partial charge in [-0.15, -0.1) is 0 Å². The average Bonchev–Trinajstić information content (AvgIpc) is 2.51. The molecule has 0 aliphatic heterocycles. The first-order valence-corrected chi connectivity index (χ1v) is 10.5. The molecule has 128 valence electrons. The number of nitrogens with two attached hydrogens (primary N) is 1. The minimum Gasteiger partial charge on any atom is -0.373 e. The van der Waals surface area contributed by atoms with Crippen LogP contribution in [-0.2, 0) is 13.3 Å². The highest BCUT2D eigenvalue weighted by Crippen LogP contribution is 2.20. The van der Waals surface area contributed by atoms with Crippen molar-refractivity contribution in [2.75, 3.05) is 39.5 Å². The predicted octanol–water partition coefficient (Wildman–Crippen LogP) is 2.53. The largest absolute Gasteiger partial charge is 0.500 e. The molecule has 0 aromatic heterocycles. The summed E-state index contributed by atoms with van der Waals surface area (Å²) in [7, 11) is -2.48. The fraction of sp³-hybridized carbons (Fsp3) is 1.00. The number of hydrogen-bond acceptors (Lipinski definition) is 5. The van der Waals surface area contributed by atoms with E-state index < -0.39 is 8.80 Å². The monoisotopic (exact) mass is 320 g/mol. The lowest BCUT2D eigenvalue weighted by Crippen LogP contribution is -2.46. The molecule has 0 aliphatic rings. The minimum absolute atomic E-state index is 0.692. The summed E-state index contributed by atoms with van der Waals surface area (Å²) in [5.41, 5.74) is 5.46. The van der Waals surface area contributed by atoms with Crippen LogP contribution in [0.15, 0.2) is 0 Å². The first-order chi connectivity index (χ1) is 10.2. The Kier molecular flexibility index (Phi) is 14.9. The van der Waals surface area contributed by atoms with Gasteiger partial charge in [-0.1, -0.05) is 20.8 Å². The highest BCUT2D eigenvalue weighted by Gasteiger charge is 2.40. The van der Waals surface area contributed by atoms with Crippen molar-refractivity contribution in [3.63, 3.8) is 0 Å². The van der Waals surface area contributed by atoms with E-state index >= 15 is 0 Å². The van der Waals surface area contributed by atoms with Crippen LogP contribution in [0, 0.1) is 0 Å². The molecule has 0 heterocycles. The SMILES string of the molecule is CCCO[Si](CCCCNCCN)(OCCC)OCCC. The maximum absolute atomic E-state index is 6.06. The molecule has 5 nitrogen and oxygen atoms in total. The van der Waals surface area contributed by atoms with Gasteiger partial charge in [0.25, 0.3) is 0 Å². The zero-order valence-electron chi connectivity index (χ0n) is 14.3. The van der Waals surface area contributed by atoms with Crippen molar-refractivity contribution in [3.05, 3.63) is 0 Å². The molecule has 0 bridgehead atoms.